The smallest absolute Gasteiger partial charge is 0.246 e. The van der Waals surface area contributed by atoms with E-state index >= 15 is 0 Å². The number of nitrogens with zero attached hydrogens (tertiary/aromatic N) is 3. The highest BCUT2D eigenvalue weighted by molar-refractivity contribution is 7.20. The van der Waals surface area contributed by atoms with Crippen LogP contribution in [0.4, 0.5) is 0 Å². The molecule has 0 N–H and O–H groups in total. The molecular weight excluding hydrogens is 410 g/mol. The largest absolute Gasteiger partial charge is 0.379 e. The number of hydrogen-bond donors (Lipinski definition) is 0. The third-order valence-corrected chi connectivity index (χ3v) is 7.00. The Balaban J connectivity index is 1.30. The lowest BCUT2D eigenvalue weighted by Gasteiger charge is -2.36. The molecule has 154 valence electrons. The molecule has 3 heterocycles. The van der Waals surface area contributed by atoms with E-state index in [1.807, 2.05) is 29.2 Å². The molecule has 0 unspecified atom stereocenters. The van der Waals surface area contributed by atoms with E-state index < -0.39 is 0 Å². The van der Waals surface area contributed by atoms with E-state index in [1.165, 1.54) is 0 Å². The number of halogens is 1. The molecule has 2 saturated heterocycles. The molecule has 2 fully saturated rings. The molecule has 0 saturated carbocycles. The van der Waals surface area contributed by atoms with Crippen molar-refractivity contribution in [2.24, 2.45) is 0 Å². The molecule has 0 radical (unpaired) electrons. The van der Waals surface area contributed by atoms with E-state index in [9.17, 15) is 9.59 Å². The number of carbonyl (C=O) groups excluding carboxylic acids is 2. The summed E-state index contributed by atoms with van der Waals surface area (Å²) >= 11 is 8.02. The SMILES string of the molecule is O=C(/C=C/c1sc2ccccc2c1Cl)N1CCN(C(=O)CN2CCOCC2)CC1. The monoisotopic (exact) mass is 433 g/mol. The van der Waals surface area contributed by atoms with Gasteiger partial charge in [-0.25, -0.2) is 0 Å². The average Bonchev–Trinajstić information content (AvgIpc) is 3.08. The maximum Gasteiger partial charge on any atom is 0.246 e. The van der Waals surface area contributed by atoms with Crippen molar-refractivity contribution in [3.05, 3.63) is 40.2 Å². The van der Waals surface area contributed by atoms with Gasteiger partial charge in [-0.3, -0.25) is 14.5 Å². The van der Waals surface area contributed by atoms with E-state index in [1.54, 1.807) is 28.4 Å². The van der Waals surface area contributed by atoms with Gasteiger partial charge in [-0.2, -0.15) is 0 Å². The van der Waals surface area contributed by atoms with Gasteiger partial charge >= 0.3 is 0 Å². The summed E-state index contributed by atoms with van der Waals surface area (Å²) in [5.74, 6) is 0.0883. The third-order valence-electron chi connectivity index (χ3n) is 5.34. The summed E-state index contributed by atoms with van der Waals surface area (Å²) in [6, 6.07) is 7.95. The topological polar surface area (TPSA) is 53.1 Å². The number of thiophene rings is 1. The molecule has 6 nitrogen and oxygen atoms in total. The van der Waals surface area contributed by atoms with Gasteiger partial charge in [-0.05, 0) is 12.1 Å². The van der Waals surface area contributed by atoms with Crippen LogP contribution in [0.5, 0.6) is 0 Å². The predicted octanol–water partition coefficient (Wildman–Crippen LogP) is 2.57. The van der Waals surface area contributed by atoms with Gasteiger partial charge in [-0.1, -0.05) is 29.8 Å². The molecule has 2 aliphatic heterocycles. The summed E-state index contributed by atoms with van der Waals surface area (Å²) in [5, 5.41) is 1.70. The number of ether oxygens (including phenoxy) is 1. The van der Waals surface area contributed by atoms with Gasteiger partial charge < -0.3 is 14.5 Å². The van der Waals surface area contributed by atoms with Crippen LogP contribution in [-0.2, 0) is 14.3 Å². The molecule has 8 heteroatoms. The fourth-order valence-corrected chi connectivity index (χ4v) is 5.02. The van der Waals surface area contributed by atoms with E-state index in [-0.39, 0.29) is 11.8 Å². The highest BCUT2D eigenvalue weighted by atomic mass is 35.5. The number of piperazine rings is 1. The standard InChI is InChI=1S/C21H24ClN3O3S/c22-21-16-3-1-2-4-17(16)29-18(21)5-6-19(26)24-7-9-25(10-8-24)20(27)15-23-11-13-28-14-12-23/h1-6H,7-15H2/b6-5+. The minimum absolute atomic E-state index is 0.0428. The van der Waals surface area contributed by atoms with E-state index in [0.717, 1.165) is 28.1 Å². The fourth-order valence-electron chi connectivity index (χ4n) is 3.62. The van der Waals surface area contributed by atoms with Crippen molar-refractivity contribution in [2.45, 2.75) is 0 Å². The van der Waals surface area contributed by atoms with Crippen molar-refractivity contribution < 1.29 is 14.3 Å². The number of fused-ring (bicyclic) bond motifs is 1. The van der Waals surface area contributed by atoms with E-state index in [0.29, 0.717) is 51.0 Å². The Morgan fingerprint density at radius 3 is 2.45 bits per heavy atom. The number of hydrogen-bond acceptors (Lipinski definition) is 5. The van der Waals surface area contributed by atoms with Gasteiger partial charge in [0.15, 0.2) is 0 Å². The number of carbonyl (C=O) groups is 2. The van der Waals surface area contributed by atoms with Crippen molar-refractivity contribution in [2.75, 3.05) is 59.0 Å². The second-order valence-corrected chi connectivity index (χ2v) is 8.67. The lowest BCUT2D eigenvalue weighted by atomic mass is 10.2. The highest BCUT2D eigenvalue weighted by Gasteiger charge is 2.25. The highest BCUT2D eigenvalue weighted by Crippen LogP contribution is 2.35. The van der Waals surface area contributed by atoms with Crippen molar-refractivity contribution in [3.8, 4) is 0 Å². The Kier molecular flexibility index (Phi) is 6.50. The molecule has 0 aliphatic carbocycles. The number of amides is 2. The molecule has 29 heavy (non-hydrogen) atoms. The Labute approximate surface area is 179 Å². The summed E-state index contributed by atoms with van der Waals surface area (Å²) in [6.45, 7) is 5.67. The van der Waals surface area contributed by atoms with Crippen LogP contribution in [0.15, 0.2) is 30.3 Å². The Bertz CT molecular complexity index is 915. The summed E-state index contributed by atoms with van der Waals surface area (Å²) < 4.78 is 6.43. The Hall–Kier alpha value is -1.93. The van der Waals surface area contributed by atoms with Crippen molar-refractivity contribution in [1.82, 2.24) is 14.7 Å². The summed E-state index contributed by atoms with van der Waals surface area (Å²) in [4.78, 5) is 31.7. The van der Waals surface area contributed by atoms with Crippen LogP contribution in [-0.4, -0.2) is 85.5 Å². The maximum atomic E-state index is 12.6. The molecule has 1 aromatic carbocycles. The maximum absolute atomic E-state index is 12.6. The van der Waals surface area contributed by atoms with Crippen LogP contribution in [0.2, 0.25) is 5.02 Å². The van der Waals surface area contributed by atoms with Gasteiger partial charge in [-0.15, -0.1) is 11.3 Å². The quantitative estimate of drug-likeness (QED) is 0.695. The van der Waals surface area contributed by atoms with Crippen molar-refractivity contribution >= 4 is 50.9 Å². The van der Waals surface area contributed by atoms with Gasteiger partial charge in [0.1, 0.15) is 0 Å². The lowest BCUT2D eigenvalue weighted by Crippen LogP contribution is -2.53. The third kappa shape index (κ3) is 4.80. The lowest BCUT2D eigenvalue weighted by molar-refractivity contribution is -0.138. The molecule has 0 atom stereocenters. The minimum Gasteiger partial charge on any atom is -0.379 e. The first-order valence-corrected chi connectivity index (χ1v) is 11.0. The van der Waals surface area contributed by atoms with Crippen LogP contribution in [0.25, 0.3) is 16.2 Å². The van der Waals surface area contributed by atoms with Gasteiger partial charge in [0, 0.05) is 60.3 Å². The van der Waals surface area contributed by atoms with Crippen LogP contribution in [0.1, 0.15) is 4.88 Å². The van der Waals surface area contributed by atoms with Crippen molar-refractivity contribution in [3.63, 3.8) is 0 Å². The van der Waals surface area contributed by atoms with Crippen LogP contribution in [0, 0.1) is 0 Å². The number of benzene rings is 1. The van der Waals surface area contributed by atoms with Crippen molar-refractivity contribution in [1.29, 1.82) is 0 Å². The average molecular weight is 434 g/mol. The number of morpholine rings is 1. The van der Waals surface area contributed by atoms with Gasteiger partial charge in [0.2, 0.25) is 11.8 Å². The van der Waals surface area contributed by atoms with Crippen LogP contribution < -0.4 is 0 Å². The first-order chi connectivity index (χ1) is 14.1. The molecule has 2 aromatic rings. The zero-order chi connectivity index (χ0) is 20.2. The zero-order valence-corrected chi connectivity index (χ0v) is 17.8. The minimum atomic E-state index is -0.0428. The molecule has 4 rings (SSSR count). The van der Waals surface area contributed by atoms with Gasteiger partial charge in [0.25, 0.3) is 0 Å². The number of rotatable bonds is 4. The molecule has 0 spiro atoms. The second-order valence-electron chi connectivity index (χ2n) is 7.20. The molecule has 2 aliphatic rings. The molecule has 0 bridgehead atoms. The van der Waals surface area contributed by atoms with Gasteiger partial charge in [0.05, 0.1) is 24.8 Å². The molecule has 2 amide bonds. The molecular formula is C21H24ClN3O3S. The normalized spacial score (nSPS) is 18.7. The fraction of sp³-hybridized carbons (Fsp3) is 0.429. The predicted molar refractivity (Wildman–Crippen MR) is 116 cm³/mol. The first kappa shape index (κ1) is 20.3. The summed E-state index contributed by atoms with van der Waals surface area (Å²) in [6.07, 6.45) is 3.38. The van der Waals surface area contributed by atoms with Crippen LogP contribution >= 0.6 is 22.9 Å². The van der Waals surface area contributed by atoms with E-state index in [2.05, 4.69) is 4.90 Å². The zero-order valence-electron chi connectivity index (χ0n) is 16.2. The van der Waals surface area contributed by atoms with Crippen LogP contribution in [0.3, 0.4) is 0 Å². The Morgan fingerprint density at radius 2 is 1.72 bits per heavy atom. The Morgan fingerprint density at radius 1 is 1.03 bits per heavy atom. The van der Waals surface area contributed by atoms with E-state index in [4.69, 9.17) is 16.3 Å². The summed E-state index contributed by atoms with van der Waals surface area (Å²) in [5.41, 5.74) is 0. The molecule has 1 aromatic heterocycles. The summed E-state index contributed by atoms with van der Waals surface area (Å²) in [7, 11) is 0. The second kappa shape index (κ2) is 9.26. The first-order valence-electron chi connectivity index (χ1n) is 9.84.